The van der Waals surface area contributed by atoms with Crippen molar-refractivity contribution in [2.45, 2.75) is 6.92 Å². The molecule has 2 nitrogen and oxygen atoms in total. The largest absolute Gasteiger partial charge is 0.497 e. The molecule has 0 aliphatic heterocycles. The average molecular weight is 202 g/mol. The minimum Gasteiger partial charge on any atom is -0.497 e. The van der Waals surface area contributed by atoms with Crippen LogP contribution in [0.4, 0.5) is 0 Å². The van der Waals surface area contributed by atoms with Crippen LogP contribution in [0.5, 0.6) is 11.5 Å². The van der Waals surface area contributed by atoms with E-state index in [0.717, 1.165) is 16.9 Å². The molecule has 0 aliphatic rings. The molecule has 0 fully saturated rings. The van der Waals surface area contributed by atoms with Crippen molar-refractivity contribution < 1.29 is 9.47 Å². The number of methoxy groups -OCH3 is 2. The molecule has 0 aliphatic carbocycles. The Balaban J connectivity index is 2.75. The number of ether oxygens (including phenoxy) is 2. The summed E-state index contributed by atoms with van der Waals surface area (Å²) in [6, 6.07) is 10.1. The third kappa shape index (κ3) is 1.63. The standard InChI is InChI=1S/C13H14O2/c1-9-4-7-13(15-3)11-6-5-10(14-2)8-12(9)11/h4-8H,1-3H3. The highest BCUT2D eigenvalue weighted by Crippen LogP contribution is 2.30. The van der Waals surface area contributed by atoms with Crippen molar-refractivity contribution in [3.8, 4) is 11.5 Å². The first-order valence-electron chi connectivity index (χ1n) is 4.87. The molecule has 0 amide bonds. The summed E-state index contributed by atoms with van der Waals surface area (Å²) in [5.74, 6) is 1.78. The number of rotatable bonds is 2. The van der Waals surface area contributed by atoms with E-state index in [1.807, 2.05) is 24.3 Å². The normalized spacial score (nSPS) is 10.3. The summed E-state index contributed by atoms with van der Waals surface area (Å²) in [7, 11) is 3.37. The van der Waals surface area contributed by atoms with Crippen molar-refractivity contribution in [1.29, 1.82) is 0 Å². The zero-order chi connectivity index (χ0) is 10.8. The van der Waals surface area contributed by atoms with E-state index in [4.69, 9.17) is 9.47 Å². The second-order valence-corrected chi connectivity index (χ2v) is 3.50. The highest BCUT2D eigenvalue weighted by atomic mass is 16.5. The minimum atomic E-state index is 0.874. The Labute approximate surface area is 89.4 Å². The number of hydrogen-bond donors (Lipinski definition) is 0. The van der Waals surface area contributed by atoms with Gasteiger partial charge in [0, 0.05) is 5.39 Å². The smallest absolute Gasteiger partial charge is 0.126 e. The van der Waals surface area contributed by atoms with E-state index in [2.05, 4.69) is 13.0 Å². The molecule has 0 radical (unpaired) electrons. The number of fused-ring (bicyclic) bond motifs is 1. The summed E-state index contributed by atoms with van der Waals surface area (Å²) in [6.07, 6.45) is 0. The molecule has 0 spiro atoms. The Morgan fingerprint density at radius 1 is 0.867 bits per heavy atom. The van der Waals surface area contributed by atoms with E-state index in [-0.39, 0.29) is 0 Å². The topological polar surface area (TPSA) is 18.5 Å². The van der Waals surface area contributed by atoms with Crippen LogP contribution in [-0.2, 0) is 0 Å². The van der Waals surface area contributed by atoms with Crippen LogP contribution in [0.25, 0.3) is 10.8 Å². The van der Waals surface area contributed by atoms with Gasteiger partial charge in [-0.1, -0.05) is 6.07 Å². The van der Waals surface area contributed by atoms with Crippen molar-refractivity contribution in [3.63, 3.8) is 0 Å². The van der Waals surface area contributed by atoms with Crippen LogP contribution >= 0.6 is 0 Å². The molecule has 0 unspecified atom stereocenters. The van der Waals surface area contributed by atoms with Gasteiger partial charge in [-0.3, -0.25) is 0 Å². The molecule has 2 aromatic carbocycles. The maximum Gasteiger partial charge on any atom is 0.126 e. The molecule has 2 rings (SSSR count). The molecule has 0 atom stereocenters. The van der Waals surface area contributed by atoms with Gasteiger partial charge >= 0.3 is 0 Å². The number of benzene rings is 2. The molecule has 78 valence electrons. The number of aryl methyl sites for hydroxylation is 1. The summed E-state index contributed by atoms with van der Waals surface area (Å²) in [4.78, 5) is 0. The molecule has 0 N–H and O–H groups in total. The van der Waals surface area contributed by atoms with Gasteiger partial charge in [-0.2, -0.15) is 0 Å². The first-order valence-corrected chi connectivity index (χ1v) is 4.87. The van der Waals surface area contributed by atoms with Gasteiger partial charge in [0.2, 0.25) is 0 Å². The van der Waals surface area contributed by atoms with E-state index < -0.39 is 0 Å². The van der Waals surface area contributed by atoms with Crippen LogP contribution in [0.15, 0.2) is 30.3 Å². The molecule has 0 saturated carbocycles. The van der Waals surface area contributed by atoms with Gasteiger partial charge in [0.15, 0.2) is 0 Å². The van der Waals surface area contributed by atoms with Crippen LogP contribution in [0, 0.1) is 6.92 Å². The van der Waals surface area contributed by atoms with Gasteiger partial charge in [-0.15, -0.1) is 0 Å². The summed E-state index contributed by atoms with van der Waals surface area (Å²) >= 11 is 0. The SMILES string of the molecule is COc1ccc2c(OC)ccc(C)c2c1. The van der Waals surface area contributed by atoms with Crippen molar-refractivity contribution >= 4 is 10.8 Å². The molecule has 0 heterocycles. The second-order valence-electron chi connectivity index (χ2n) is 3.50. The van der Waals surface area contributed by atoms with Crippen molar-refractivity contribution in [2.75, 3.05) is 14.2 Å². The molecule has 2 aromatic rings. The van der Waals surface area contributed by atoms with Gasteiger partial charge < -0.3 is 9.47 Å². The lowest BCUT2D eigenvalue weighted by molar-refractivity contribution is 0.414. The Kier molecular flexibility index (Phi) is 2.50. The quantitative estimate of drug-likeness (QED) is 0.744. The fourth-order valence-corrected chi connectivity index (χ4v) is 1.75. The molecular formula is C13H14O2. The minimum absolute atomic E-state index is 0.874. The Morgan fingerprint density at radius 2 is 1.67 bits per heavy atom. The third-order valence-electron chi connectivity index (χ3n) is 2.62. The highest BCUT2D eigenvalue weighted by Gasteiger charge is 2.04. The van der Waals surface area contributed by atoms with Crippen LogP contribution in [0.1, 0.15) is 5.56 Å². The Hall–Kier alpha value is -1.70. The molecule has 2 heteroatoms. The first kappa shape index (κ1) is 9.84. The third-order valence-corrected chi connectivity index (χ3v) is 2.62. The maximum atomic E-state index is 5.32. The molecule has 15 heavy (non-hydrogen) atoms. The maximum absolute atomic E-state index is 5.32. The zero-order valence-corrected chi connectivity index (χ0v) is 9.20. The van der Waals surface area contributed by atoms with Crippen molar-refractivity contribution in [3.05, 3.63) is 35.9 Å². The van der Waals surface area contributed by atoms with Gasteiger partial charge in [0.1, 0.15) is 11.5 Å². The molecular weight excluding hydrogens is 188 g/mol. The molecule has 0 aromatic heterocycles. The summed E-state index contributed by atoms with van der Waals surface area (Å²) in [6.45, 7) is 2.08. The van der Waals surface area contributed by atoms with E-state index in [9.17, 15) is 0 Å². The number of hydrogen-bond acceptors (Lipinski definition) is 2. The summed E-state index contributed by atoms with van der Waals surface area (Å²) < 4.78 is 10.5. The Bertz CT molecular complexity index is 489. The van der Waals surface area contributed by atoms with E-state index in [1.165, 1.54) is 10.9 Å². The lowest BCUT2D eigenvalue weighted by Crippen LogP contribution is -1.88. The van der Waals surface area contributed by atoms with Crippen LogP contribution in [0.3, 0.4) is 0 Å². The first-order chi connectivity index (χ1) is 7.26. The lowest BCUT2D eigenvalue weighted by atomic mass is 10.0. The molecule has 0 bridgehead atoms. The van der Waals surface area contributed by atoms with Crippen molar-refractivity contribution in [2.24, 2.45) is 0 Å². The van der Waals surface area contributed by atoms with Gasteiger partial charge in [0.25, 0.3) is 0 Å². The summed E-state index contributed by atoms with van der Waals surface area (Å²) in [5.41, 5.74) is 1.23. The average Bonchev–Trinajstić information content (AvgIpc) is 2.29. The predicted octanol–water partition coefficient (Wildman–Crippen LogP) is 3.17. The zero-order valence-electron chi connectivity index (χ0n) is 9.20. The van der Waals surface area contributed by atoms with Gasteiger partial charge in [0.05, 0.1) is 14.2 Å². The van der Waals surface area contributed by atoms with E-state index in [0.29, 0.717) is 0 Å². The molecule has 0 saturated heterocycles. The van der Waals surface area contributed by atoms with E-state index >= 15 is 0 Å². The highest BCUT2D eigenvalue weighted by molar-refractivity contribution is 5.91. The fourth-order valence-electron chi connectivity index (χ4n) is 1.75. The van der Waals surface area contributed by atoms with Crippen LogP contribution in [0.2, 0.25) is 0 Å². The Morgan fingerprint density at radius 3 is 2.33 bits per heavy atom. The van der Waals surface area contributed by atoms with Crippen molar-refractivity contribution in [1.82, 2.24) is 0 Å². The monoisotopic (exact) mass is 202 g/mol. The lowest BCUT2D eigenvalue weighted by Gasteiger charge is -2.09. The second kappa shape index (κ2) is 3.81. The van der Waals surface area contributed by atoms with Crippen LogP contribution < -0.4 is 9.47 Å². The summed E-state index contributed by atoms with van der Waals surface area (Å²) in [5, 5.41) is 2.30. The van der Waals surface area contributed by atoms with Gasteiger partial charge in [-0.25, -0.2) is 0 Å². The van der Waals surface area contributed by atoms with Crippen LogP contribution in [-0.4, -0.2) is 14.2 Å². The van der Waals surface area contributed by atoms with Gasteiger partial charge in [-0.05, 0) is 42.1 Å². The predicted molar refractivity (Wildman–Crippen MR) is 61.8 cm³/mol. The van der Waals surface area contributed by atoms with E-state index in [1.54, 1.807) is 14.2 Å². The fraction of sp³-hybridized carbons (Fsp3) is 0.231.